The number of amides is 1. The molecule has 1 N–H and O–H groups in total. The first-order chi connectivity index (χ1) is 15.4. The van der Waals surface area contributed by atoms with Crippen molar-refractivity contribution < 1.29 is 9.53 Å². The summed E-state index contributed by atoms with van der Waals surface area (Å²) in [5, 5.41) is 4.66. The average molecular weight is 472 g/mol. The van der Waals surface area contributed by atoms with Gasteiger partial charge in [0.2, 0.25) is 0 Å². The minimum Gasteiger partial charge on any atom is -0.376 e. The smallest absolute Gasteiger partial charge is 0.262 e. The number of carbonyl (C=O) groups excluding carboxylic acids is 1. The van der Waals surface area contributed by atoms with Crippen LogP contribution >= 0.6 is 23.4 Å². The molecular weight excluding hydrogens is 446 g/mol. The third kappa shape index (κ3) is 5.34. The lowest BCUT2D eigenvalue weighted by molar-refractivity contribution is 0.0937. The molecule has 0 radical (unpaired) electrons. The van der Waals surface area contributed by atoms with E-state index >= 15 is 0 Å². The Kier molecular flexibility index (Phi) is 7.18. The molecule has 2 heterocycles. The number of ether oxygens (including phenoxy) is 1. The summed E-state index contributed by atoms with van der Waals surface area (Å²) >= 11 is 7.61. The quantitative estimate of drug-likeness (QED) is 0.400. The van der Waals surface area contributed by atoms with Crippen LogP contribution in [0.1, 0.15) is 42.6 Å². The molecule has 0 unspecified atom stereocenters. The van der Waals surface area contributed by atoms with Crippen molar-refractivity contribution in [3.05, 3.63) is 69.0 Å². The van der Waals surface area contributed by atoms with E-state index in [2.05, 4.69) is 5.32 Å². The number of fused-ring (bicyclic) bond motifs is 1. The van der Waals surface area contributed by atoms with Crippen molar-refractivity contribution in [3.63, 3.8) is 0 Å². The molecular formula is C24H26ClN3O3S. The summed E-state index contributed by atoms with van der Waals surface area (Å²) in [6, 6.07) is 12.7. The van der Waals surface area contributed by atoms with Crippen molar-refractivity contribution in [1.29, 1.82) is 0 Å². The molecule has 0 bridgehead atoms. The molecule has 1 aliphatic rings. The number of carbonyl (C=O) groups is 1. The lowest BCUT2D eigenvalue weighted by atomic mass is 10.1. The Morgan fingerprint density at radius 3 is 2.88 bits per heavy atom. The van der Waals surface area contributed by atoms with Gasteiger partial charge in [0.05, 0.1) is 23.6 Å². The van der Waals surface area contributed by atoms with Gasteiger partial charge in [-0.2, -0.15) is 0 Å². The summed E-state index contributed by atoms with van der Waals surface area (Å²) in [7, 11) is 0. The first-order valence-corrected chi connectivity index (χ1v) is 12.1. The summed E-state index contributed by atoms with van der Waals surface area (Å²) in [6.07, 6.45) is 1.94. The Hall–Kier alpha value is -2.35. The molecule has 1 aromatic heterocycles. The fourth-order valence-electron chi connectivity index (χ4n) is 3.73. The van der Waals surface area contributed by atoms with Crippen LogP contribution in [0.25, 0.3) is 10.9 Å². The maximum Gasteiger partial charge on any atom is 0.262 e. The molecule has 3 aromatic rings. The Balaban J connectivity index is 1.72. The van der Waals surface area contributed by atoms with Gasteiger partial charge in [-0.25, -0.2) is 4.98 Å². The topological polar surface area (TPSA) is 73.2 Å². The van der Waals surface area contributed by atoms with Crippen molar-refractivity contribution in [3.8, 4) is 0 Å². The van der Waals surface area contributed by atoms with Crippen LogP contribution in [-0.4, -0.2) is 34.2 Å². The number of nitrogens with zero attached hydrogens (tertiary/aromatic N) is 2. The highest BCUT2D eigenvalue weighted by Gasteiger charge is 2.21. The van der Waals surface area contributed by atoms with Gasteiger partial charge in [0.25, 0.3) is 11.5 Å². The molecule has 6 nitrogen and oxygen atoms in total. The van der Waals surface area contributed by atoms with Gasteiger partial charge < -0.3 is 10.1 Å². The highest BCUT2D eigenvalue weighted by Crippen LogP contribution is 2.25. The summed E-state index contributed by atoms with van der Waals surface area (Å²) in [5.74, 6) is 0.442. The number of aromatic nitrogens is 2. The third-order valence-corrected chi connectivity index (χ3v) is 6.55. The van der Waals surface area contributed by atoms with E-state index in [4.69, 9.17) is 21.3 Å². The maximum atomic E-state index is 13.4. The van der Waals surface area contributed by atoms with E-state index in [-0.39, 0.29) is 23.6 Å². The molecule has 1 atom stereocenters. The first-order valence-electron chi connectivity index (χ1n) is 10.7. The monoisotopic (exact) mass is 471 g/mol. The third-order valence-electron chi connectivity index (χ3n) is 5.27. The van der Waals surface area contributed by atoms with E-state index in [0.29, 0.717) is 38.9 Å². The van der Waals surface area contributed by atoms with Crippen LogP contribution in [0, 0.1) is 0 Å². The predicted molar refractivity (Wildman–Crippen MR) is 129 cm³/mol. The van der Waals surface area contributed by atoms with Crippen molar-refractivity contribution in [2.45, 2.75) is 56.3 Å². The molecule has 2 aromatic carbocycles. The normalized spacial score (nSPS) is 16.1. The van der Waals surface area contributed by atoms with Crippen LogP contribution in [0.4, 0.5) is 0 Å². The van der Waals surface area contributed by atoms with Crippen molar-refractivity contribution >= 4 is 40.2 Å². The summed E-state index contributed by atoms with van der Waals surface area (Å²) < 4.78 is 7.49. The fourth-order valence-corrected chi connectivity index (χ4v) is 4.89. The molecule has 168 valence electrons. The second-order valence-electron chi connectivity index (χ2n) is 8.22. The lowest BCUT2D eigenvalue weighted by Crippen LogP contribution is -2.31. The number of nitrogens with one attached hydrogen (secondary N) is 1. The van der Waals surface area contributed by atoms with Crippen LogP contribution in [0.5, 0.6) is 0 Å². The number of thioether (sulfide) groups is 1. The second-order valence-corrected chi connectivity index (χ2v) is 9.60. The van der Waals surface area contributed by atoms with Gasteiger partial charge in [-0.05, 0) is 62.6 Å². The molecule has 0 spiro atoms. The van der Waals surface area contributed by atoms with Crippen LogP contribution in [0.2, 0.25) is 5.02 Å². The number of hydrogen-bond acceptors (Lipinski definition) is 5. The Morgan fingerprint density at radius 1 is 1.31 bits per heavy atom. The van der Waals surface area contributed by atoms with E-state index in [1.54, 1.807) is 22.8 Å². The van der Waals surface area contributed by atoms with E-state index in [9.17, 15) is 9.59 Å². The highest BCUT2D eigenvalue weighted by molar-refractivity contribution is 7.98. The molecule has 1 saturated heterocycles. The zero-order valence-corrected chi connectivity index (χ0v) is 19.7. The van der Waals surface area contributed by atoms with E-state index in [0.717, 1.165) is 25.0 Å². The van der Waals surface area contributed by atoms with Gasteiger partial charge in [0, 0.05) is 29.0 Å². The summed E-state index contributed by atoms with van der Waals surface area (Å²) in [6.45, 7) is 5.01. The Bertz CT molecular complexity index is 1190. The Labute approximate surface area is 196 Å². The number of rotatable bonds is 7. The van der Waals surface area contributed by atoms with E-state index in [1.165, 1.54) is 11.8 Å². The van der Waals surface area contributed by atoms with Crippen molar-refractivity contribution in [2.75, 3.05) is 6.61 Å². The van der Waals surface area contributed by atoms with Crippen LogP contribution < -0.4 is 10.9 Å². The van der Waals surface area contributed by atoms with Gasteiger partial charge in [-0.3, -0.25) is 14.2 Å². The average Bonchev–Trinajstić information content (AvgIpc) is 3.27. The molecule has 8 heteroatoms. The molecule has 0 aliphatic carbocycles. The molecule has 32 heavy (non-hydrogen) atoms. The van der Waals surface area contributed by atoms with Crippen LogP contribution in [0.15, 0.2) is 52.4 Å². The number of benzene rings is 2. The van der Waals surface area contributed by atoms with Gasteiger partial charge in [0.1, 0.15) is 0 Å². The van der Waals surface area contributed by atoms with E-state index < -0.39 is 0 Å². The minimum atomic E-state index is -0.180. The highest BCUT2D eigenvalue weighted by atomic mass is 35.5. The largest absolute Gasteiger partial charge is 0.376 e. The van der Waals surface area contributed by atoms with Crippen LogP contribution in [0.3, 0.4) is 0 Å². The number of hydrogen-bond donors (Lipinski definition) is 1. The molecule has 4 rings (SSSR count). The summed E-state index contributed by atoms with van der Waals surface area (Å²) in [4.78, 5) is 30.6. The first kappa shape index (κ1) is 22.8. The fraction of sp³-hybridized carbons (Fsp3) is 0.375. The molecule has 1 aliphatic heterocycles. The minimum absolute atomic E-state index is 0.00793. The Morgan fingerprint density at radius 2 is 2.16 bits per heavy atom. The zero-order chi connectivity index (χ0) is 22.7. The van der Waals surface area contributed by atoms with Gasteiger partial charge >= 0.3 is 0 Å². The maximum absolute atomic E-state index is 13.4. The SMILES string of the molecule is CC(C)NC(=O)c1ccc2c(=O)n(C[C@H]3CCCO3)c(SCc3cccc(Cl)c3)nc2c1. The summed E-state index contributed by atoms with van der Waals surface area (Å²) in [5.41, 5.74) is 1.94. The standard InChI is InChI=1S/C24H26ClN3O3S/c1-15(2)26-22(29)17-8-9-20-21(12-17)27-24(32-14-16-5-3-6-18(25)11-16)28(23(20)30)13-19-7-4-10-31-19/h3,5-6,8-9,11-12,15,19H,4,7,10,13-14H2,1-2H3,(H,26,29)/t19-/m1/s1. The van der Waals surface area contributed by atoms with E-state index in [1.807, 2.05) is 38.1 Å². The van der Waals surface area contributed by atoms with Crippen molar-refractivity contribution in [1.82, 2.24) is 14.9 Å². The zero-order valence-electron chi connectivity index (χ0n) is 18.1. The van der Waals surface area contributed by atoms with Gasteiger partial charge in [0.15, 0.2) is 5.16 Å². The number of halogens is 1. The van der Waals surface area contributed by atoms with Crippen LogP contribution in [-0.2, 0) is 17.0 Å². The molecule has 1 fully saturated rings. The van der Waals surface area contributed by atoms with Gasteiger partial charge in [-0.1, -0.05) is 35.5 Å². The molecule has 1 amide bonds. The van der Waals surface area contributed by atoms with Gasteiger partial charge in [-0.15, -0.1) is 0 Å². The lowest BCUT2D eigenvalue weighted by Gasteiger charge is -2.17. The van der Waals surface area contributed by atoms with Crippen molar-refractivity contribution in [2.24, 2.45) is 0 Å². The predicted octanol–water partition coefficient (Wildman–Crippen LogP) is 4.66. The second kappa shape index (κ2) is 10.1. The molecule has 0 saturated carbocycles.